The molecule has 3 atom stereocenters. The van der Waals surface area contributed by atoms with Crippen molar-refractivity contribution < 1.29 is 0 Å². The molecule has 15 heavy (non-hydrogen) atoms. The molecule has 90 valence electrons. The van der Waals surface area contributed by atoms with Crippen LogP contribution in [0.15, 0.2) is 0 Å². The molecule has 1 fully saturated rings. The zero-order chi connectivity index (χ0) is 11.4. The number of piperidine rings is 1. The molecule has 1 rings (SSSR count). The first-order chi connectivity index (χ1) is 7.06. The van der Waals surface area contributed by atoms with E-state index in [9.17, 15) is 0 Å². The van der Waals surface area contributed by atoms with Gasteiger partial charge in [0.2, 0.25) is 0 Å². The maximum atomic E-state index is 3.66. The number of hydrogen-bond acceptors (Lipinski definition) is 1. The molecule has 0 saturated carbocycles. The molecule has 0 bridgehead atoms. The molecule has 0 amide bonds. The number of alkyl halides is 1. The Labute approximate surface area is 104 Å². The maximum Gasteiger partial charge on any atom is 0.00743 e. The summed E-state index contributed by atoms with van der Waals surface area (Å²) < 4.78 is 0. The lowest BCUT2D eigenvalue weighted by molar-refractivity contribution is 0.0794. The van der Waals surface area contributed by atoms with Crippen LogP contribution < -0.4 is 0 Å². The summed E-state index contributed by atoms with van der Waals surface area (Å²) >= 11 is 3.66. The first-order valence-electron chi connectivity index (χ1n) is 6.38. The predicted molar refractivity (Wildman–Crippen MR) is 71.6 cm³/mol. The molecule has 0 spiro atoms. The van der Waals surface area contributed by atoms with Gasteiger partial charge in [-0.1, -0.05) is 36.2 Å². The molecule has 1 heterocycles. The van der Waals surface area contributed by atoms with E-state index in [2.05, 4.69) is 48.5 Å². The lowest BCUT2D eigenvalue weighted by atomic mass is 9.92. The lowest BCUT2D eigenvalue weighted by Crippen LogP contribution is -2.47. The minimum atomic E-state index is 0.783. The topological polar surface area (TPSA) is 3.24 Å². The number of halogens is 1. The van der Waals surface area contributed by atoms with Crippen molar-refractivity contribution in [1.82, 2.24) is 4.90 Å². The fourth-order valence-corrected chi connectivity index (χ4v) is 3.50. The smallest absolute Gasteiger partial charge is 0.00743 e. The van der Waals surface area contributed by atoms with Crippen molar-refractivity contribution >= 4 is 15.9 Å². The van der Waals surface area contributed by atoms with Gasteiger partial charge >= 0.3 is 0 Å². The summed E-state index contributed by atoms with van der Waals surface area (Å²) in [5.74, 6) is 1.58. The Morgan fingerprint density at radius 1 is 1.20 bits per heavy atom. The third-order valence-electron chi connectivity index (χ3n) is 3.96. The Balaban J connectivity index is 2.53. The van der Waals surface area contributed by atoms with E-state index in [1.807, 2.05) is 0 Å². The van der Waals surface area contributed by atoms with Crippen LogP contribution >= 0.6 is 15.9 Å². The molecule has 1 unspecified atom stereocenters. The molecule has 1 aliphatic heterocycles. The second-order valence-corrected chi connectivity index (χ2v) is 6.13. The largest absolute Gasteiger partial charge is 0.298 e. The monoisotopic (exact) mass is 275 g/mol. The van der Waals surface area contributed by atoms with Crippen LogP contribution in [0.2, 0.25) is 0 Å². The zero-order valence-corrected chi connectivity index (χ0v) is 12.3. The van der Waals surface area contributed by atoms with E-state index in [1.165, 1.54) is 25.8 Å². The first-order valence-corrected chi connectivity index (χ1v) is 7.50. The van der Waals surface area contributed by atoms with Crippen LogP contribution in [0.3, 0.4) is 0 Å². The molecule has 2 heteroatoms. The zero-order valence-electron chi connectivity index (χ0n) is 10.7. The van der Waals surface area contributed by atoms with Crippen molar-refractivity contribution in [3.63, 3.8) is 0 Å². The van der Waals surface area contributed by atoms with Crippen molar-refractivity contribution in [3.8, 4) is 0 Å². The summed E-state index contributed by atoms with van der Waals surface area (Å²) in [6.45, 7) is 10.7. The minimum absolute atomic E-state index is 0.783. The van der Waals surface area contributed by atoms with Crippen molar-refractivity contribution in [2.45, 2.75) is 59.0 Å². The summed E-state index contributed by atoms with van der Waals surface area (Å²) in [5, 5.41) is 1.14. The van der Waals surface area contributed by atoms with E-state index in [1.54, 1.807) is 0 Å². The van der Waals surface area contributed by atoms with Crippen molar-refractivity contribution in [3.05, 3.63) is 0 Å². The Bertz CT molecular complexity index is 171. The number of rotatable bonds is 4. The quantitative estimate of drug-likeness (QED) is 0.703. The van der Waals surface area contributed by atoms with E-state index in [-0.39, 0.29) is 0 Å². The lowest BCUT2D eigenvalue weighted by Gasteiger charge is -2.41. The molecule has 0 N–H and O–H groups in total. The standard InChI is InChI=1S/C13H26BrN/c1-10(2)13(8-14)9-15-11(3)6-5-7-12(15)4/h10-13H,5-9H2,1-4H3/t11-,12+,13?. The molecule has 0 aromatic carbocycles. The van der Waals surface area contributed by atoms with Crippen molar-refractivity contribution in [1.29, 1.82) is 0 Å². The second-order valence-electron chi connectivity index (χ2n) is 5.48. The summed E-state index contributed by atoms with van der Waals surface area (Å²) in [6.07, 6.45) is 4.19. The third-order valence-corrected chi connectivity index (χ3v) is 4.79. The minimum Gasteiger partial charge on any atom is -0.298 e. The van der Waals surface area contributed by atoms with Gasteiger partial charge in [0, 0.05) is 24.0 Å². The highest BCUT2D eigenvalue weighted by Crippen LogP contribution is 2.25. The number of likely N-dealkylation sites (tertiary alicyclic amines) is 1. The van der Waals surface area contributed by atoms with Gasteiger partial charge < -0.3 is 0 Å². The molecular weight excluding hydrogens is 250 g/mol. The second kappa shape index (κ2) is 6.24. The van der Waals surface area contributed by atoms with Crippen LogP contribution in [0.1, 0.15) is 47.0 Å². The highest BCUT2D eigenvalue weighted by molar-refractivity contribution is 9.09. The van der Waals surface area contributed by atoms with Gasteiger partial charge in [-0.25, -0.2) is 0 Å². The van der Waals surface area contributed by atoms with Crippen LogP contribution in [-0.2, 0) is 0 Å². The fourth-order valence-electron chi connectivity index (χ4n) is 2.54. The van der Waals surface area contributed by atoms with E-state index >= 15 is 0 Å². The van der Waals surface area contributed by atoms with Crippen LogP contribution in [0, 0.1) is 11.8 Å². The SMILES string of the molecule is CC(C)C(CBr)CN1[C@H](C)CCC[C@@H]1C. The van der Waals surface area contributed by atoms with Crippen molar-refractivity contribution in [2.24, 2.45) is 11.8 Å². The average molecular weight is 276 g/mol. The van der Waals surface area contributed by atoms with E-state index in [0.717, 1.165) is 29.2 Å². The summed E-state index contributed by atoms with van der Waals surface area (Å²) in [7, 11) is 0. The maximum absolute atomic E-state index is 3.66. The van der Waals surface area contributed by atoms with E-state index < -0.39 is 0 Å². The van der Waals surface area contributed by atoms with E-state index in [0.29, 0.717) is 0 Å². The Kier molecular flexibility index (Phi) is 5.62. The van der Waals surface area contributed by atoms with Crippen LogP contribution in [0.5, 0.6) is 0 Å². The molecule has 0 aromatic rings. The van der Waals surface area contributed by atoms with Gasteiger partial charge in [0.1, 0.15) is 0 Å². The van der Waals surface area contributed by atoms with Gasteiger partial charge in [-0.2, -0.15) is 0 Å². The van der Waals surface area contributed by atoms with Gasteiger partial charge in [0.15, 0.2) is 0 Å². The number of hydrogen-bond donors (Lipinski definition) is 0. The Hall–Kier alpha value is 0.440. The summed E-state index contributed by atoms with van der Waals surface area (Å²) in [6, 6.07) is 1.57. The van der Waals surface area contributed by atoms with Crippen LogP contribution in [0.25, 0.3) is 0 Å². The molecule has 1 aliphatic rings. The molecule has 0 aromatic heterocycles. The van der Waals surface area contributed by atoms with Gasteiger partial charge in [0.25, 0.3) is 0 Å². The average Bonchev–Trinajstić information content (AvgIpc) is 2.17. The Morgan fingerprint density at radius 2 is 1.73 bits per heavy atom. The predicted octanol–water partition coefficient (Wildman–Crippen LogP) is 3.92. The van der Waals surface area contributed by atoms with Crippen molar-refractivity contribution in [2.75, 3.05) is 11.9 Å². The third kappa shape index (κ3) is 3.74. The normalized spacial score (nSPS) is 30.8. The summed E-state index contributed by atoms with van der Waals surface area (Å²) in [4.78, 5) is 2.72. The molecular formula is C13H26BrN. The van der Waals surface area contributed by atoms with Gasteiger partial charge in [-0.15, -0.1) is 0 Å². The van der Waals surface area contributed by atoms with Gasteiger partial charge in [-0.05, 0) is 38.5 Å². The Morgan fingerprint density at radius 3 is 2.13 bits per heavy atom. The molecule has 0 aliphatic carbocycles. The van der Waals surface area contributed by atoms with Gasteiger partial charge in [-0.3, -0.25) is 4.90 Å². The highest BCUT2D eigenvalue weighted by Gasteiger charge is 2.27. The highest BCUT2D eigenvalue weighted by atomic mass is 79.9. The molecule has 1 saturated heterocycles. The van der Waals surface area contributed by atoms with E-state index in [4.69, 9.17) is 0 Å². The van der Waals surface area contributed by atoms with Crippen LogP contribution in [-0.4, -0.2) is 28.9 Å². The first kappa shape index (κ1) is 13.5. The molecule has 0 radical (unpaired) electrons. The number of nitrogens with zero attached hydrogens (tertiary/aromatic N) is 1. The summed E-state index contributed by atoms with van der Waals surface area (Å²) in [5.41, 5.74) is 0. The fraction of sp³-hybridized carbons (Fsp3) is 1.00. The van der Waals surface area contributed by atoms with Gasteiger partial charge in [0.05, 0.1) is 0 Å². The molecule has 1 nitrogen and oxygen atoms in total. The van der Waals surface area contributed by atoms with Crippen LogP contribution in [0.4, 0.5) is 0 Å².